The van der Waals surface area contributed by atoms with Crippen LogP contribution in [0.2, 0.25) is 0 Å². The fourth-order valence-corrected chi connectivity index (χ4v) is 4.62. The molecule has 0 amide bonds. The molecule has 9 heteroatoms. The monoisotopic (exact) mass is 393 g/mol. The number of nitrogens with zero attached hydrogens (tertiary/aromatic N) is 2. The Kier molecular flexibility index (Phi) is 4.27. The van der Waals surface area contributed by atoms with Gasteiger partial charge in [-0.1, -0.05) is 6.08 Å². The van der Waals surface area contributed by atoms with E-state index < -0.39 is 32.4 Å². The molecule has 0 radical (unpaired) electrons. The molecule has 0 saturated heterocycles. The van der Waals surface area contributed by atoms with Crippen molar-refractivity contribution < 1.29 is 21.6 Å². The Bertz CT molecular complexity index is 1170. The zero-order chi connectivity index (χ0) is 19.2. The van der Waals surface area contributed by atoms with Crippen LogP contribution in [0, 0.1) is 17.5 Å². The van der Waals surface area contributed by atoms with E-state index in [2.05, 4.69) is 9.97 Å². The topological polar surface area (TPSA) is 66.1 Å². The molecule has 27 heavy (non-hydrogen) atoms. The maximum atomic E-state index is 13.9. The van der Waals surface area contributed by atoms with Gasteiger partial charge in [0.25, 0.3) is 0 Å². The average Bonchev–Trinajstić information content (AvgIpc) is 3.10. The van der Waals surface area contributed by atoms with E-state index in [9.17, 15) is 21.6 Å². The van der Waals surface area contributed by atoms with Crippen molar-refractivity contribution in [3.8, 4) is 0 Å². The number of benzene rings is 1. The van der Waals surface area contributed by atoms with Gasteiger partial charge in [-0.2, -0.15) is 4.31 Å². The van der Waals surface area contributed by atoms with E-state index in [0.717, 1.165) is 32.5 Å². The van der Waals surface area contributed by atoms with Crippen molar-refractivity contribution in [3.05, 3.63) is 65.8 Å². The van der Waals surface area contributed by atoms with E-state index >= 15 is 0 Å². The normalized spacial score (nSPS) is 15.9. The van der Waals surface area contributed by atoms with E-state index in [0.29, 0.717) is 12.5 Å². The molecular formula is C18H14F3N3O2S. The second kappa shape index (κ2) is 6.50. The lowest BCUT2D eigenvalue weighted by atomic mass is 10.0. The van der Waals surface area contributed by atoms with E-state index in [1.54, 1.807) is 12.3 Å². The quantitative estimate of drug-likeness (QED) is 0.693. The van der Waals surface area contributed by atoms with Gasteiger partial charge in [0.05, 0.1) is 0 Å². The summed E-state index contributed by atoms with van der Waals surface area (Å²) in [5.74, 6) is -4.93. The lowest BCUT2D eigenvalue weighted by molar-refractivity contribution is 0.414. The molecular weight excluding hydrogens is 379 g/mol. The molecule has 0 atom stereocenters. The molecule has 0 aliphatic carbocycles. The molecule has 0 spiro atoms. The number of fused-ring (bicyclic) bond motifs is 1. The summed E-state index contributed by atoms with van der Waals surface area (Å²) in [5.41, 5.74) is 2.59. The van der Waals surface area contributed by atoms with E-state index in [-0.39, 0.29) is 13.1 Å². The number of nitrogens with one attached hydrogen (secondary N) is 1. The highest BCUT2D eigenvalue weighted by Crippen LogP contribution is 2.31. The van der Waals surface area contributed by atoms with Gasteiger partial charge in [-0.25, -0.2) is 26.6 Å². The van der Waals surface area contributed by atoms with Crippen LogP contribution in [0.15, 0.2) is 47.6 Å². The molecule has 3 heterocycles. The third-order valence-electron chi connectivity index (χ3n) is 4.59. The smallest absolute Gasteiger partial charge is 0.246 e. The number of hydrogen-bond acceptors (Lipinski definition) is 3. The highest BCUT2D eigenvalue weighted by molar-refractivity contribution is 7.89. The molecule has 1 aliphatic rings. The molecule has 1 aromatic carbocycles. The van der Waals surface area contributed by atoms with Gasteiger partial charge < -0.3 is 4.98 Å². The molecule has 140 valence electrons. The molecule has 2 aromatic heterocycles. The maximum Gasteiger partial charge on any atom is 0.246 e. The van der Waals surface area contributed by atoms with Gasteiger partial charge in [0.1, 0.15) is 10.5 Å². The molecule has 5 nitrogen and oxygen atoms in total. The van der Waals surface area contributed by atoms with Gasteiger partial charge in [0.2, 0.25) is 10.0 Å². The average molecular weight is 393 g/mol. The fourth-order valence-electron chi connectivity index (χ4n) is 3.18. The van der Waals surface area contributed by atoms with Crippen LogP contribution in [-0.2, 0) is 10.0 Å². The number of H-pyrrole nitrogens is 1. The molecule has 0 saturated carbocycles. The maximum absolute atomic E-state index is 13.9. The summed E-state index contributed by atoms with van der Waals surface area (Å²) in [6.45, 7) is 0.0998. The summed E-state index contributed by atoms with van der Waals surface area (Å²) >= 11 is 0. The van der Waals surface area contributed by atoms with Crippen molar-refractivity contribution in [1.82, 2.24) is 14.3 Å². The Hall–Kier alpha value is -2.65. The summed E-state index contributed by atoms with van der Waals surface area (Å²) in [7, 11) is -4.28. The van der Waals surface area contributed by atoms with Crippen molar-refractivity contribution in [1.29, 1.82) is 0 Å². The number of aromatic nitrogens is 2. The van der Waals surface area contributed by atoms with Crippen LogP contribution in [-0.4, -0.2) is 35.8 Å². The summed E-state index contributed by atoms with van der Waals surface area (Å²) in [6.07, 6.45) is 5.60. The van der Waals surface area contributed by atoms with Crippen LogP contribution in [0.4, 0.5) is 13.2 Å². The Morgan fingerprint density at radius 3 is 2.67 bits per heavy atom. The third kappa shape index (κ3) is 2.92. The molecule has 0 unspecified atom stereocenters. The first-order chi connectivity index (χ1) is 12.9. The molecule has 3 aromatic rings. The lowest BCUT2D eigenvalue weighted by Gasteiger charge is -2.26. The number of halogens is 3. The highest BCUT2D eigenvalue weighted by atomic mass is 32.2. The number of aromatic amines is 1. The summed E-state index contributed by atoms with van der Waals surface area (Å²) < 4.78 is 66.8. The van der Waals surface area contributed by atoms with Gasteiger partial charge in [-0.15, -0.1) is 0 Å². The molecule has 0 fully saturated rings. The van der Waals surface area contributed by atoms with Gasteiger partial charge in [0, 0.05) is 36.4 Å². The van der Waals surface area contributed by atoms with Crippen molar-refractivity contribution in [2.45, 2.75) is 11.3 Å². The molecule has 4 rings (SSSR count). The van der Waals surface area contributed by atoms with Gasteiger partial charge in [-0.3, -0.25) is 0 Å². The van der Waals surface area contributed by atoms with Crippen LogP contribution < -0.4 is 0 Å². The number of hydrogen-bond donors (Lipinski definition) is 1. The van der Waals surface area contributed by atoms with Gasteiger partial charge >= 0.3 is 0 Å². The van der Waals surface area contributed by atoms with Crippen LogP contribution in [0.3, 0.4) is 0 Å². The predicted molar refractivity (Wildman–Crippen MR) is 93.8 cm³/mol. The fraction of sp³-hybridized carbons (Fsp3) is 0.167. The zero-order valence-electron chi connectivity index (χ0n) is 13.9. The first kappa shape index (κ1) is 17.7. The first-order valence-electron chi connectivity index (χ1n) is 8.15. The summed E-state index contributed by atoms with van der Waals surface area (Å²) in [5, 5.41) is 0.923. The van der Waals surface area contributed by atoms with Crippen molar-refractivity contribution in [2.24, 2.45) is 0 Å². The minimum atomic E-state index is -4.28. The Labute approximate surface area is 153 Å². The number of sulfonamides is 1. The Balaban J connectivity index is 1.64. The van der Waals surface area contributed by atoms with E-state index in [1.807, 2.05) is 18.3 Å². The predicted octanol–water partition coefficient (Wildman–Crippen LogP) is 3.46. The van der Waals surface area contributed by atoms with Gasteiger partial charge in [0.15, 0.2) is 17.5 Å². The molecule has 0 bridgehead atoms. The minimum absolute atomic E-state index is 0.00301. The zero-order valence-corrected chi connectivity index (χ0v) is 14.7. The van der Waals surface area contributed by atoms with Crippen molar-refractivity contribution in [3.63, 3.8) is 0 Å². The van der Waals surface area contributed by atoms with Crippen molar-refractivity contribution in [2.75, 3.05) is 13.1 Å². The Morgan fingerprint density at radius 2 is 1.93 bits per heavy atom. The van der Waals surface area contributed by atoms with Crippen molar-refractivity contribution >= 4 is 26.6 Å². The molecule has 1 N–H and O–H groups in total. The number of pyridine rings is 1. The summed E-state index contributed by atoms with van der Waals surface area (Å²) in [6, 6.07) is 5.07. The first-order valence-corrected chi connectivity index (χ1v) is 9.59. The third-order valence-corrected chi connectivity index (χ3v) is 6.47. The van der Waals surface area contributed by atoms with Crippen LogP contribution >= 0.6 is 0 Å². The van der Waals surface area contributed by atoms with Crippen LogP contribution in [0.25, 0.3) is 16.6 Å². The molecule has 1 aliphatic heterocycles. The van der Waals surface area contributed by atoms with Crippen LogP contribution in [0.5, 0.6) is 0 Å². The van der Waals surface area contributed by atoms with Gasteiger partial charge in [-0.05, 0) is 36.3 Å². The lowest BCUT2D eigenvalue weighted by Crippen LogP contribution is -2.35. The van der Waals surface area contributed by atoms with E-state index in [1.165, 1.54) is 0 Å². The Morgan fingerprint density at radius 1 is 1.11 bits per heavy atom. The SMILES string of the molecule is O=S(=O)(c1ccc(F)c(F)c1F)N1CC=C(c2c[nH]c3ncccc23)CC1. The highest BCUT2D eigenvalue weighted by Gasteiger charge is 2.31. The van der Waals surface area contributed by atoms with E-state index in [4.69, 9.17) is 0 Å². The second-order valence-electron chi connectivity index (χ2n) is 6.12. The largest absolute Gasteiger partial charge is 0.346 e. The minimum Gasteiger partial charge on any atom is -0.346 e. The standard InChI is InChI=1S/C18H14F3N3O2S/c19-14-3-4-15(17(21)16(14)20)27(25,26)24-8-5-11(6-9-24)13-10-23-18-12(13)2-1-7-22-18/h1-5,7,10H,6,8-9H2,(H,22,23). The second-order valence-corrected chi connectivity index (χ2v) is 8.02. The number of rotatable bonds is 3. The summed E-state index contributed by atoms with van der Waals surface area (Å²) in [4.78, 5) is 6.41. The van der Waals surface area contributed by atoms with Crippen LogP contribution in [0.1, 0.15) is 12.0 Å².